The highest BCUT2D eigenvalue weighted by Crippen LogP contribution is 2.23. The molecular formula is C14H19BrFNO2. The number of hydrogen-bond donors (Lipinski definition) is 2. The number of amides is 1. The molecule has 0 saturated carbocycles. The van der Waals surface area contributed by atoms with Crippen molar-refractivity contribution < 1.29 is 14.3 Å². The number of hydrogen-bond acceptors (Lipinski definition) is 2. The summed E-state index contributed by atoms with van der Waals surface area (Å²) in [6.07, 6.45) is 0.759. The van der Waals surface area contributed by atoms with E-state index in [1.165, 1.54) is 12.1 Å². The molecule has 1 rings (SSSR count). The molecule has 1 amide bonds. The summed E-state index contributed by atoms with van der Waals surface area (Å²) < 4.78 is 13.6. The Kier molecular flexibility index (Phi) is 5.35. The van der Waals surface area contributed by atoms with E-state index < -0.39 is 11.7 Å². The van der Waals surface area contributed by atoms with Crippen LogP contribution in [0.2, 0.25) is 0 Å². The Morgan fingerprint density at radius 3 is 2.58 bits per heavy atom. The van der Waals surface area contributed by atoms with E-state index in [1.807, 2.05) is 20.8 Å². The number of nitrogens with one attached hydrogen (secondary N) is 1. The average molecular weight is 332 g/mol. The van der Waals surface area contributed by atoms with Gasteiger partial charge in [0.05, 0.1) is 5.56 Å². The van der Waals surface area contributed by atoms with Crippen LogP contribution >= 0.6 is 15.9 Å². The number of carbonyl (C=O) groups is 1. The Morgan fingerprint density at radius 2 is 2.11 bits per heavy atom. The largest absolute Gasteiger partial charge is 0.508 e. The second-order valence-corrected chi connectivity index (χ2v) is 6.33. The normalized spacial score (nSPS) is 13.1. The van der Waals surface area contributed by atoms with Crippen LogP contribution in [0, 0.1) is 11.2 Å². The van der Waals surface area contributed by atoms with Gasteiger partial charge in [0.15, 0.2) is 0 Å². The predicted molar refractivity (Wildman–Crippen MR) is 77.2 cm³/mol. The van der Waals surface area contributed by atoms with Gasteiger partial charge >= 0.3 is 0 Å². The molecule has 0 heterocycles. The highest BCUT2D eigenvalue weighted by atomic mass is 79.9. The van der Waals surface area contributed by atoms with Crippen molar-refractivity contribution in [1.82, 2.24) is 5.32 Å². The lowest BCUT2D eigenvalue weighted by molar-refractivity contribution is 0.0896. The van der Waals surface area contributed by atoms with Crippen molar-refractivity contribution in [2.24, 2.45) is 5.41 Å². The van der Waals surface area contributed by atoms with Gasteiger partial charge in [-0.2, -0.15) is 0 Å². The van der Waals surface area contributed by atoms with Crippen LogP contribution in [-0.2, 0) is 0 Å². The first-order valence-electron chi connectivity index (χ1n) is 6.11. The van der Waals surface area contributed by atoms with E-state index in [-0.39, 0.29) is 22.8 Å². The van der Waals surface area contributed by atoms with Crippen LogP contribution in [-0.4, -0.2) is 22.4 Å². The first-order valence-corrected chi connectivity index (χ1v) is 7.23. The van der Waals surface area contributed by atoms with Gasteiger partial charge in [-0.15, -0.1) is 0 Å². The van der Waals surface area contributed by atoms with Crippen LogP contribution in [0.1, 0.15) is 37.6 Å². The lowest BCUT2D eigenvalue weighted by Gasteiger charge is -2.31. The molecule has 1 aromatic rings. The number of rotatable bonds is 4. The molecule has 0 spiro atoms. The van der Waals surface area contributed by atoms with Crippen molar-refractivity contribution in [2.75, 3.05) is 5.33 Å². The zero-order valence-corrected chi connectivity index (χ0v) is 12.9. The van der Waals surface area contributed by atoms with E-state index in [9.17, 15) is 9.18 Å². The highest BCUT2D eigenvalue weighted by Gasteiger charge is 2.26. The lowest BCUT2D eigenvalue weighted by Crippen LogP contribution is -2.44. The monoisotopic (exact) mass is 331 g/mol. The van der Waals surface area contributed by atoms with Gasteiger partial charge < -0.3 is 10.4 Å². The summed E-state index contributed by atoms with van der Waals surface area (Å²) in [6, 6.07) is 3.46. The SMILES string of the molecule is CC(C)(C)C(CCBr)NC(=O)c1ccc(O)cc1F. The second kappa shape index (κ2) is 6.37. The second-order valence-electron chi connectivity index (χ2n) is 5.53. The molecule has 0 fully saturated rings. The van der Waals surface area contributed by atoms with Gasteiger partial charge in [-0.25, -0.2) is 4.39 Å². The first kappa shape index (κ1) is 16.0. The molecule has 0 aliphatic heterocycles. The maximum Gasteiger partial charge on any atom is 0.254 e. The Balaban J connectivity index is 2.88. The highest BCUT2D eigenvalue weighted by molar-refractivity contribution is 9.09. The van der Waals surface area contributed by atoms with Gasteiger partial charge in [-0.1, -0.05) is 36.7 Å². The van der Waals surface area contributed by atoms with Crippen molar-refractivity contribution in [3.63, 3.8) is 0 Å². The summed E-state index contributed by atoms with van der Waals surface area (Å²) in [5, 5.41) is 12.7. The summed E-state index contributed by atoms with van der Waals surface area (Å²) in [6.45, 7) is 6.06. The first-order chi connectivity index (χ1) is 8.75. The Morgan fingerprint density at radius 1 is 1.47 bits per heavy atom. The van der Waals surface area contributed by atoms with E-state index in [2.05, 4.69) is 21.2 Å². The molecule has 3 nitrogen and oxygen atoms in total. The Hall–Kier alpha value is -1.10. The molecule has 106 valence electrons. The molecule has 1 atom stereocenters. The van der Waals surface area contributed by atoms with Gasteiger partial charge in [-0.05, 0) is 24.0 Å². The minimum atomic E-state index is -0.719. The van der Waals surface area contributed by atoms with Crippen LogP contribution < -0.4 is 5.32 Å². The Labute approximate surface area is 121 Å². The quantitative estimate of drug-likeness (QED) is 0.830. The van der Waals surface area contributed by atoms with Crippen LogP contribution in [0.4, 0.5) is 4.39 Å². The fourth-order valence-corrected chi connectivity index (χ4v) is 2.21. The number of phenolic OH excluding ortho intramolecular Hbond substituents is 1. The maximum atomic E-state index is 13.6. The van der Waals surface area contributed by atoms with Gasteiger partial charge in [0, 0.05) is 17.4 Å². The van der Waals surface area contributed by atoms with Gasteiger partial charge in [-0.3, -0.25) is 4.79 Å². The minimum absolute atomic E-state index is 0.0541. The standard InChI is InChI=1S/C14H19BrFNO2/c1-14(2,3)12(6-7-15)17-13(19)10-5-4-9(18)8-11(10)16/h4-5,8,12,18H,6-7H2,1-3H3,(H,17,19). The average Bonchev–Trinajstić information content (AvgIpc) is 2.26. The van der Waals surface area contributed by atoms with Gasteiger partial charge in [0.2, 0.25) is 0 Å². The molecule has 1 unspecified atom stereocenters. The van der Waals surface area contributed by atoms with Crippen LogP contribution in [0.25, 0.3) is 0 Å². The van der Waals surface area contributed by atoms with Gasteiger partial charge in [0.1, 0.15) is 11.6 Å². The van der Waals surface area contributed by atoms with E-state index in [4.69, 9.17) is 5.11 Å². The van der Waals surface area contributed by atoms with E-state index in [1.54, 1.807) is 0 Å². The third-order valence-electron chi connectivity index (χ3n) is 2.95. The number of halogens is 2. The number of aromatic hydroxyl groups is 1. The molecule has 5 heteroatoms. The number of benzene rings is 1. The molecule has 1 aromatic carbocycles. The molecular weight excluding hydrogens is 313 g/mol. The minimum Gasteiger partial charge on any atom is -0.508 e. The number of alkyl halides is 1. The molecule has 0 radical (unpaired) electrons. The predicted octanol–water partition coefficient (Wildman–Crippen LogP) is 3.46. The summed E-state index contributed by atoms with van der Waals surface area (Å²) in [4.78, 5) is 12.1. The summed E-state index contributed by atoms with van der Waals surface area (Å²) >= 11 is 3.35. The van der Waals surface area contributed by atoms with Crippen LogP contribution in [0.15, 0.2) is 18.2 Å². The zero-order chi connectivity index (χ0) is 14.6. The van der Waals surface area contributed by atoms with Crippen molar-refractivity contribution in [3.05, 3.63) is 29.6 Å². The Bertz CT molecular complexity index is 457. The van der Waals surface area contributed by atoms with E-state index in [0.717, 1.165) is 17.8 Å². The maximum absolute atomic E-state index is 13.6. The van der Waals surface area contributed by atoms with E-state index in [0.29, 0.717) is 0 Å². The molecule has 0 aliphatic carbocycles. The van der Waals surface area contributed by atoms with Crippen LogP contribution in [0.5, 0.6) is 5.75 Å². The zero-order valence-electron chi connectivity index (χ0n) is 11.3. The van der Waals surface area contributed by atoms with Crippen LogP contribution in [0.3, 0.4) is 0 Å². The summed E-state index contributed by atoms with van der Waals surface area (Å²) in [5.41, 5.74) is -0.168. The third-order valence-corrected chi connectivity index (χ3v) is 3.40. The fraction of sp³-hybridized carbons (Fsp3) is 0.500. The summed E-state index contributed by atoms with van der Waals surface area (Å²) in [5.74, 6) is -1.37. The summed E-state index contributed by atoms with van der Waals surface area (Å²) in [7, 11) is 0. The third kappa shape index (κ3) is 4.49. The van der Waals surface area contributed by atoms with Crippen molar-refractivity contribution in [2.45, 2.75) is 33.2 Å². The molecule has 0 aromatic heterocycles. The van der Waals surface area contributed by atoms with E-state index >= 15 is 0 Å². The molecule has 0 saturated heterocycles. The van der Waals surface area contributed by atoms with Crippen molar-refractivity contribution >= 4 is 21.8 Å². The van der Waals surface area contributed by atoms with Crippen molar-refractivity contribution in [3.8, 4) is 5.75 Å². The number of carbonyl (C=O) groups excluding carboxylic acids is 1. The topological polar surface area (TPSA) is 49.3 Å². The molecule has 0 aliphatic rings. The van der Waals surface area contributed by atoms with Crippen molar-refractivity contribution in [1.29, 1.82) is 0 Å². The molecule has 0 bridgehead atoms. The molecule has 19 heavy (non-hydrogen) atoms. The molecule has 2 N–H and O–H groups in total. The van der Waals surface area contributed by atoms with Gasteiger partial charge in [0.25, 0.3) is 5.91 Å². The number of phenols is 1. The fourth-order valence-electron chi connectivity index (χ4n) is 1.75. The lowest BCUT2D eigenvalue weighted by atomic mass is 9.85. The smallest absolute Gasteiger partial charge is 0.254 e.